The maximum absolute atomic E-state index is 13.1. The van der Waals surface area contributed by atoms with Crippen LogP contribution in [0.5, 0.6) is 0 Å². The van der Waals surface area contributed by atoms with Gasteiger partial charge in [0.2, 0.25) is 5.91 Å². The lowest BCUT2D eigenvalue weighted by molar-refractivity contribution is -0.138. The summed E-state index contributed by atoms with van der Waals surface area (Å²) in [5, 5.41) is 0. The number of nitrogens with zero attached hydrogens (tertiary/aromatic N) is 3. The summed E-state index contributed by atoms with van der Waals surface area (Å²) in [6, 6.07) is 5.49. The quantitative estimate of drug-likeness (QED) is 0.842. The van der Waals surface area contributed by atoms with Gasteiger partial charge in [0.15, 0.2) is 0 Å². The zero-order valence-corrected chi connectivity index (χ0v) is 13.7. The Morgan fingerprint density at radius 2 is 1.61 bits per heavy atom. The number of halogens is 1. The molecule has 0 aliphatic carbocycles. The van der Waals surface area contributed by atoms with Crippen LogP contribution in [0.15, 0.2) is 24.3 Å². The van der Waals surface area contributed by atoms with E-state index in [0.717, 1.165) is 5.56 Å². The van der Waals surface area contributed by atoms with Crippen LogP contribution in [-0.2, 0) is 9.53 Å². The van der Waals surface area contributed by atoms with E-state index in [1.807, 2.05) is 19.0 Å². The average molecular weight is 323 g/mol. The van der Waals surface area contributed by atoms with Crippen molar-refractivity contribution in [2.75, 3.05) is 47.4 Å². The van der Waals surface area contributed by atoms with Gasteiger partial charge in [-0.25, -0.2) is 9.18 Å². The van der Waals surface area contributed by atoms with Crippen LogP contribution in [0.2, 0.25) is 0 Å². The summed E-state index contributed by atoms with van der Waals surface area (Å²) in [4.78, 5) is 29.4. The van der Waals surface area contributed by atoms with Gasteiger partial charge in [-0.15, -0.1) is 0 Å². The Morgan fingerprint density at radius 1 is 1.09 bits per heavy atom. The number of carbonyl (C=O) groups is 2. The third-order valence-electron chi connectivity index (χ3n) is 3.96. The van der Waals surface area contributed by atoms with E-state index in [1.165, 1.54) is 19.2 Å². The minimum atomic E-state index is -0.472. The SMILES string of the molecule is COC(=O)N1CCN(C(=O)[C@H](c2ccc(F)cc2)N(C)C)CC1. The Bertz CT molecular complexity index is 554. The van der Waals surface area contributed by atoms with E-state index in [2.05, 4.69) is 0 Å². The molecular weight excluding hydrogens is 301 g/mol. The highest BCUT2D eigenvalue weighted by molar-refractivity contribution is 5.83. The predicted molar refractivity (Wildman–Crippen MR) is 83.4 cm³/mol. The van der Waals surface area contributed by atoms with E-state index in [0.29, 0.717) is 26.2 Å². The Balaban J connectivity index is 2.08. The number of hydrogen-bond acceptors (Lipinski definition) is 4. The lowest BCUT2D eigenvalue weighted by Crippen LogP contribution is -2.52. The van der Waals surface area contributed by atoms with Crippen molar-refractivity contribution in [1.29, 1.82) is 0 Å². The zero-order valence-electron chi connectivity index (χ0n) is 13.7. The molecule has 1 fully saturated rings. The summed E-state index contributed by atoms with van der Waals surface area (Å²) in [5.74, 6) is -0.378. The van der Waals surface area contributed by atoms with Crippen LogP contribution in [0.3, 0.4) is 0 Å². The van der Waals surface area contributed by atoms with Gasteiger partial charge >= 0.3 is 6.09 Å². The number of piperazine rings is 1. The molecule has 23 heavy (non-hydrogen) atoms. The predicted octanol–water partition coefficient (Wildman–Crippen LogP) is 1.34. The van der Waals surface area contributed by atoms with Gasteiger partial charge in [-0.05, 0) is 31.8 Å². The molecule has 1 aromatic rings. The van der Waals surface area contributed by atoms with Crippen molar-refractivity contribution < 1.29 is 18.7 Å². The third-order valence-corrected chi connectivity index (χ3v) is 3.96. The smallest absolute Gasteiger partial charge is 0.409 e. The van der Waals surface area contributed by atoms with Crippen LogP contribution < -0.4 is 0 Å². The van der Waals surface area contributed by atoms with Crippen LogP contribution in [-0.4, -0.2) is 74.1 Å². The molecule has 6 nitrogen and oxygen atoms in total. The number of carbonyl (C=O) groups excluding carboxylic acids is 2. The molecule has 0 unspecified atom stereocenters. The van der Waals surface area contributed by atoms with Gasteiger partial charge in [0, 0.05) is 26.2 Å². The normalized spacial score (nSPS) is 16.4. The first-order valence-corrected chi connectivity index (χ1v) is 7.47. The largest absolute Gasteiger partial charge is 0.453 e. The minimum absolute atomic E-state index is 0.0499. The molecule has 1 aliphatic heterocycles. The standard InChI is InChI=1S/C16H22FN3O3/c1-18(2)14(12-4-6-13(17)7-5-12)15(21)19-8-10-20(11-9-19)16(22)23-3/h4-7,14H,8-11H2,1-3H3/t14-/m0/s1. The molecule has 1 aromatic carbocycles. The highest BCUT2D eigenvalue weighted by Crippen LogP contribution is 2.22. The molecule has 0 bridgehead atoms. The second-order valence-corrected chi connectivity index (χ2v) is 5.70. The van der Waals surface area contributed by atoms with Crippen molar-refractivity contribution >= 4 is 12.0 Å². The van der Waals surface area contributed by atoms with Gasteiger partial charge in [0.05, 0.1) is 7.11 Å². The number of benzene rings is 1. The van der Waals surface area contributed by atoms with Gasteiger partial charge in [0.25, 0.3) is 0 Å². The summed E-state index contributed by atoms with van der Waals surface area (Å²) >= 11 is 0. The highest BCUT2D eigenvalue weighted by atomic mass is 19.1. The maximum Gasteiger partial charge on any atom is 0.409 e. The lowest BCUT2D eigenvalue weighted by Gasteiger charge is -2.37. The molecule has 0 spiro atoms. The van der Waals surface area contributed by atoms with E-state index in [9.17, 15) is 14.0 Å². The second-order valence-electron chi connectivity index (χ2n) is 5.70. The molecular formula is C16H22FN3O3. The van der Waals surface area contributed by atoms with Gasteiger partial charge in [-0.1, -0.05) is 12.1 Å². The number of amides is 2. The topological polar surface area (TPSA) is 53.1 Å². The Kier molecular flexibility index (Phi) is 5.54. The fraction of sp³-hybridized carbons (Fsp3) is 0.500. The second kappa shape index (κ2) is 7.41. The molecule has 7 heteroatoms. The highest BCUT2D eigenvalue weighted by Gasteiger charge is 2.31. The van der Waals surface area contributed by atoms with Gasteiger partial charge in [-0.2, -0.15) is 0 Å². The van der Waals surface area contributed by atoms with Crippen molar-refractivity contribution in [3.63, 3.8) is 0 Å². The molecule has 0 aromatic heterocycles. The summed E-state index contributed by atoms with van der Waals surface area (Å²) in [7, 11) is 4.98. The van der Waals surface area contributed by atoms with Crippen molar-refractivity contribution in [3.8, 4) is 0 Å². The third kappa shape index (κ3) is 3.98. The molecule has 1 saturated heterocycles. The molecule has 1 aliphatic rings. The van der Waals surface area contributed by atoms with E-state index in [-0.39, 0.29) is 17.8 Å². The van der Waals surface area contributed by atoms with E-state index < -0.39 is 6.04 Å². The average Bonchev–Trinajstić information content (AvgIpc) is 2.56. The molecule has 126 valence electrons. The fourth-order valence-electron chi connectivity index (χ4n) is 2.72. The monoisotopic (exact) mass is 323 g/mol. The van der Waals surface area contributed by atoms with Crippen LogP contribution in [0.1, 0.15) is 11.6 Å². The minimum Gasteiger partial charge on any atom is -0.453 e. The molecule has 1 atom stereocenters. The lowest BCUT2D eigenvalue weighted by atomic mass is 10.0. The number of rotatable bonds is 3. The first-order valence-electron chi connectivity index (χ1n) is 7.47. The van der Waals surface area contributed by atoms with Crippen molar-refractivity contribution in [1.82, 2.24) is 14.7 Å². The van der Waals surface area contributed by atoms with E-state index >= 15 is 0 Å². The first-order chi connectivity index (χ1) is 10.9. The summed E-state index contributed by atoms with van der Waals surface area (Å²) in [6.45, 7) is 1.81. The molecule has 0 saturated carbocycles. The molecule has 2 rings (SSSR count). The summed E-state index contributed by atoms with van der Waals surface area (Å²) in [6.07, 6.45) is -0.375. The van der Waals surface area contributed by atoms with E-state index in [1.54, 1.807) is 21.9 Å². The van der Waals surface area contributed by atoms with Gasteiger partial charge in [-0.3, -0.25) is 9.69 Å². The molecule has 1 heterocycles. The Hall–Kier alpha value is -2.15. The zero-order chi connectivity index (χ0) is 17.0. The Morgan fingerprint density at radius 3 is 2.09 bits per heavy atom. The number of methoxy groups -OCH3 is 1. The van der Waals surface area contributed by atoms with Gasteiger partial charge < -0.3 is 14.5 Å². The first kappa shape index (κ1) is 17.2. The summed E-state index contributed by atoms with van der Waals surface area (Å²) in [5.41, 5.74) is 0.747. The number of ether oxygens (including phenoxy) is 1. The van der Waals surface area contributed by atoms with Crippen molar-refractivity contribution in [2.45, 2.75) is 6.04 Å². The van der Waals surface area contributed by atoms with Crippen LogP contribution >= 0.6 is 0 Å². The maximum atomic E-state index is 13.1. The molecule has 2 amide bonds. The Labute approximate surface area is 135 Å². The van der Waals surface area contributed by atoms with Crippen LogP contribution in [0, 0.1) is 5.82 Å². The van der Waals surface area contributed by atoms with Crippen LogP contribution in [0.4, 0.5) is 9.18 Å². The van der Waals surface area contributed by atoms with Gasteiger partial charge in [0.1, 0.15) is 11.9 Å². The number of likely N-dealkylation sites (N-methyl/N-ethyl adjacent to an activating group) is 1. The van der Waals surface area contributed by atoms with E-state index in [4.69, 9.17) is 4.74 Å². The van der Waals surface area contributed by atoms with Crippen LogP contribution in [0.25, 0.3) is 0 Å². The summed E-state index contributed by atoms with van der Waals surface area (Å²) < 4.78 is 17.8. The fourth-order valence-corrected chi connectivity index (χ4v) is 2.72. The van der Waals surface area contributed by atoms with Crippen molar-refractivity contribution in [2.24, 2.45) is 0 Å². The number of hydrogen-bond donors (Lipinski definition) is 0. The van der Waals surface area contributed by atoms with Crippen molar-refractivity contribution in [3.05, 3.63) is 35.6 Å². The molecule has 0 N–H and O–H groups in total. The molecule has 0 radical (unpaired) electrons.